The summed E-state index contributed by atoms with van der Waals surface area (Å²) >= 11 is 0. The maximum Gasteiger partial charge on any atom is 0.276 e. The first-order valence-corrected chi connectivity index (χ1v) is 8.75. The second-order valence-electron chi connectivity index (χ2n) is 6.47. The van der Waals surface area contributed by atoms with Gasteiger partial charge in [-0.1, -0.05) is 60.2 Å². The largest absolute Gasteiger partial charge is 0.489 e. The summed E-state index contributed by atoms with van der Waals surface area (Å²) in [5.41, 5.74) is 4.44. The van der Waals surface area contributed by atoms with Crippen LogP contribution in [-0.4, -0.2) is 28.9 Å². The van der Waals surface area contributed by atoms with Crippen molar-refractivity contribution in [2.45, 2.75) is 13.5 Å². The quantitative estimate of drug-likeness (QED) is 0.719. The second kappa shape index (κ2) is 7.00. The molecule has 0 unspecified atom stereocenters. The van der Waals surface area contributed by atoms with E-state index >= 15 is 0 Å². The Hall–Kier alpha value is -3.14. The number of ether oxygens (including phenoxy) is 1. The molecule has 26 heavy (non-hydrogen) atoms. The van der Waals surface area contributed by atoms with E-state index in [-0.39, 0.29) is 5.91 Å². The number of carbonyl (C=O) groups excluding carboxylic acids is 1. The Bertz CT molecular complexity index is 921. The number of rotatable bonds is 3. The first-order chi connectivity index (χ1) is 12.7. The topological polar surface area (TPSA) is 42.4 Å². The lowest BCUT2D eigenvalue weighted by molar-refractivity contribution is 0.0738. The molecular formula is C22H20N2O2. The first-order valence-electron chi connectivity index (χ1n) is 8.75. The molecule has 0 fully saturated rings. The minimum absolute atomic E-state index is 0.0877. The minimum Gasteiger partial charge on any atom is -0.489 e. The number of aromatic nitrogens is 1. The molecule has 1 amide bonds. The van der Waals surface area contributed by atoms with Crippen LogP contribution in [0.3, 0.4) is 0 Å². The van der Waals surface area contributed by atoms with Gasteiger partial charge >= 0.3 is 0 Å². The Labute approximate surface area is 153 Å². The molecule has 3 aromatic rings. The zero-order valence-electron chi connectivity index (χ0n) is 14.7. The van der Waals surface area contributed by atoms with Crippen LogP contribution in [0.25, 0.3) is 11.3 Å². The number of pyridine rings is 1. The number of aryl methyl sites for hydroxylation is 1. The molecule has 0 saturated carbocycles. The van der Waals surface area contributed by atoms with Gasteiger partial charge in [-0.25, -0.2) is 4.98 Å². The van der Waals surface area contributed by atoms with Gasteiger partial charge in [0.25, 0.3) is 5.91 Å². The fourth-order valence-corrected chi connectivity index (χ4v) is 3.07. The summed E-state index contributed by atoms with van der Waals surface area (Å²) in [6, 6.07) is 21.9. The summed E-state index contributed by atoms with van der Waals surface area (Å²) in [6.07, 6.45) is 0. The van der Waals surface area contributed by atoms with Crippen LogP contribution >= 0.6 is 0 Å². The van der Waals surface area contributed by atoms with Gasteiger partial charge in [-0.15, -0.1) is 0 Å². The number of hydrogen-bond acceptors (Lipinski definition) is 3. The van der Waals surface area contributed by atoms with Gasteiger partial charge in [0.1, 0.15) is 6.61 Å². The van der Waals surface area contributed by atoms with Crippen LogP contribution in [0.2, 0.25) is 0 Å². The fourth-order valence-electron chi connectivity index (χ4n) is 3.07. The van der Waals surface area contributed by atoms with Crippen molar-refractivity contribution in [1.82, 2.24) is 9.88 Å². The molecule has 0 aliphatic carbocycles. The molecule has 0 bridgehead atoms. The number of amides is 1. The van der Waals surface area contributed by atoms with E-state index in [0.29, 0.717) is 31.1 Å². The number of benzene rings is 2. The van der Waals surface area contributed by atoms with Crippen molar-refractivity contribution in [3.8, 4) is 17.0 Å². The summed E-state index contributed by atoms with van der Waals surface area (Å²) in [6.45, 7) is 3.62. The average molecular weight is 344 g/mol. The van der Waals surface area contributed by atoms with E-state index in [0.717, 1.165) is 16.8 Å². The number of carbonyl (C=O) groups is 1. The Morgan fingerprint density at radius 2 is 1.77 bits per heavy atom. The standard InChI is InChI=1S/C22H20N2O2/c1-16-7-9-18(10-8-16)19-11-12-20-21(23-19)22(25)24(13-14-26-20)15-17-5-3-2-4-6-17/h2-12H,13-15H2,1H3. The molecule has 4 heteroatoms. The Morgan fingerprint density at radius 3 is 2.54 bits per heavy atom. The van der Waals surface area contributed by atoms with Crippen molar-refractivity contribution in [3.05, 3.63) is 83.6 Å². The molecule has 2 aromatic carbocycles. The van der Waals surface area contributed by atoms with E-state index in [1.54, 1.807) is 4.90 Å². The fraction of sp³-hybridized carbons (Fsp3) is 0.182. The molecule has 130 valence electrons. The van der Waals surface area contributed by atoms with Crippen LogP contribution in [0.5, 0.6) is 5.75 Å². The maximum atomic E-state index is 13.1. The third-order valence-corrected chi connectivity index (χ3v) is 4.53. The zero-order valence-corrected chi connectivity index (χ0v) is 14.7. The van der Waals surface area contributed by atoms with Crippen LogP contribution in [0.15, 0.2) is 66.7 Å². The molecule has 0 saturated heterocycles. The summed E-state index contributed by atoms with van der Waals surface area (Å²) < 4.78 is 5.77. The van der Waals surface area contributed by atoms with Gasteiger partial charge < -0.3 is 9.64 Å². The van der Waals surface area contributed by atoms with Crippen LogP contribution in [0, 0.1) is 6.92 Å². The zero-order chi connectivity index (χ0) is 17.9. The molecule has 0 radical (unpaired) electrons. The van der Waals surface area contributed by atoms with Crippen molar-refractivity contribution < 1.29 is 9.53 Å². The highest BCUT2D eigenvalue weighted by Crippen LogP contribution is 2.27. The highest BCUT2D eigenvalue weighted by atomic mass is 16.5. The molecule has 0 spiro atoms. The lowest BCUT2D eigenvalue weighted by atomic mass is 10.1. The monoisotopic (exact) mass is 344 g/mol. The normalized spacial score (nSPS) is 13.7. The predicted molar refractivity (Wildman–Crippen MR) is 101 cm³/mol. The minimum atomic E-state index is -0.0877. The van der Waals surface area contributed by atoms with Crippen LogP contribution in [0.1, 0.15) is 21.6 Å². The van der Waals surface area contributed by atoms with Gasteiger partial charge in [-0.05, 0) is 24.6 Å². The smallest absolute Gasteiger partial charge is 0.276 e. The summed E-state index contributed by atoms with van der Waals surface area (Å²) in [7, 11) is 0. The highest BCUT2D eigenvalue weighted by Gasteiger charge is 2.25. The Morgan fingerprint density at radius 1 is 1.00 bits per heavy atom. The van der Waals surface area contributed by atoms with Gasteiger partial charge in [0.15, 0.2) is 11.4 Å². The van der Waals surface area contributed by atoms with E-state index in [4.69, 9.17) is 4.74 Å². The van der Waals surface area contributed by atoms with Crippen molar-refractivity contribution in [1.29, 1.82) is 0 Å². The molecule has 4 rings (SSSR count). The lowest BCUT2D eigenvalue weighted by Gasteiger charge is -2.19. The van der Waals surface area contributed by atoms with E-state index in [1.165, 1.54) is 5.56 Å². The van der Waals surface area contributed by atoms with Crippen LogP contribution in [-0.2, 0) is 6.54 Å². The predicted octanol–water partition coefficient (Wildman–Crippen LogP) is 4.09. The van der Waals surface area contributed by atoms with Gasteiger partial charge in [-0.2, -0.15) is 0 Å². The third kappa shape index (κ3) is 3.31. The molecular weight excluding hydrogens is 324 g/mol. The number of nitrogens with zero attached hydrogens (tertiary/aromatic N) is 2. The average Bonchev–Trinajstić information content (AvgIpc) is 2.82. The van der Waals surface area contributed by atoms with Crippen molar-refractivity contribution in [2.24, 2.45) is 0 Å². The summed E-state index contributed by atoms with van der Waals surface area (Å²) in [4.78, 5) is 19.5. The number of fused-ring (bicyclic) bond motifs is 1. The molecule has 1 aliphatic heterocycles. The molecule has 1 aromatic heterocycles. The molecule has 0 atom stereocenters. The SMILES string of the molecule is Cc1ccc(-c2ccc3c(n2)C(=O)N(Cc2ccccc2)CCO3)cc1. The molecule has 1 aliphatic rings. The van der Waals surface area contributed by atoms with Crippen LogP contribution in [0.4, 0.5) is 0 Å². The summed E-state index contributed by atoms with van der Waals surface area (Å²) in [5, 5.41) is 0. The van der Waals surface area contributed by atoms with Gasteiger partial charge in [0, 0.05) is 12.1 Å². The van der Waals surface area contributed by atoms with E-state index in [9.17, 15) is 4.79 Å². The third-order valence-electron chi connectivity index (χ3n) is 4.53. The van der Waals surface area contributed by atoms with E-state index in [2.05, 4.69) is 4.98 Å². The molecule has 2 heterocycles. The Kier molecular flexibility index (Phi) is 4.40. The summed E-state index contributed by atoms with van der Waals surface area (Å²) in [5.74, 6) is 0.469. The van der Waals surface area contributed by atoms with Gasteiger partial charge in [0.05, 0.1) is 12.2 Å². The van der Waals surface area contributed by atoms with Crippen molar-refractivity contribution in [2.75, 3.05) is 13.2 Å². The molecule has 0 N–H and O–H groups in total. The van der Waals surface area contributed by atoms with Crippen molar-refractivity contribution >= 4 is 5.91 Å². The van der Waals surface area contributed by atoms with E-state index < -0.39 is 0 Å². The lowest BCUT2D eigenvalue weighted by Crippen LogP contribution is -2.32. The molecule has 4 nitrogen and oxygen atoms in total. The van der Waals surface area contributed by atoms with E-state index in [1.807, 2.05) is 73.7 Å². The highest BCUT2D eigenvalue weighted by molar-refractivity contribution is 5.96. The second-order valence-corrected chi connectivity index (χ2v) is 6.47. The first kappa shape index (κ1) is 16.3. The number of hydrogen-bond donors (Lipinski definition) is 0. The van der Waals surface area contributed by atoms with Gasteiger partial charge in [0.2, 0.25) is 0 Å². The van der Waals surface area contributed by atoms with Gasteiger partial charge in [-0.3, -0.25) is 4.79 Å². The van der Waals surface area contributed by atoms with Crippen LogP contribution < -0.4 is 4.74 Å². The van der Waals surface area contributed by atoms with Crippen molar-refractivity contribution in [3.63, 3.8) is 0 Å². The maximum absolute atomic E-state index is 13.1. The Balaban J connectivity index is 1.66.